The van der Waals surface area contributed by atoms with Gasteiger partial charge in [0.05, 0.1) is 19.4 Å². The van der Waals surface area contributed by atoms with Crippen LogP contribution in [0, 0.1) is 0 Å². The molecule has 1 saturated heterocycles. The second kappa shape index (κ2) is 5.46. The van der Waals surface area contributed by atoms with E-state index in [1.54, 1.807) is 11.1 Å². The van der Waals surface area contributed by atoms with Crippen LogP contribution in [0.4, 0.5) is 0 Å². The quantitative estimate of drug-likeness (QED) is 0.813. The van der Waals surface area contributed by atoms with E-state index in [-0.39, 0.29) is 17.7 Å². The molecule has 0 unspecified atom stereocenters. The van der Waals surface area contributed by atoms with Crippen molar-refractivity contribution in [2.75, 3.05) is 20.3 Å². The number of rotatable bonds is 2. The van der Waals surface area contributed by atoms with Gasteiger partial charge in [0.1, 0.15) is 5.69 Å². The van der Waals surface area contributed by atoms with Crippen LogP contribution < -0.4 is 0 Å². The van der Waals surface area contributed by atoms with Gasteiger partial charge in [0, 0.05) is 38.3 Å². The summed E-state index contributed by atoms with van der Waals surface area (Å²) in [7, 11) is 1.83. The predicted octanol–water partition coefficient (Wildman–Crippen LogP) is 1.23. The molecule has 2 heterocycles. The first-order chi connectivity index (χ1) is 9.70. The van der Waals surface area contributed by atoms with Crippen molar-refractivity contribution in [1.82, 2.24) is 14.9 Å². The van der Waals surface area contributed by atoms with Gasteiger partial charge in [-0.2, -0.15) is 0 Å². The minimum atomic E-state index is -0.382. The molecule has 1 amide bonds. The van der Waals surface area contributed by atoms with E-state index >= 15 is 0 Å². The third-order valence-electron chi connectivity index (χ3n) is 4.18. The first kappa shape index (κ1) is 13.5. The first-order valence-electron chi connectivity index (χ1n) is 7.01. The van der Waals surface area contributed by atoms with Gasteiger partial charge in [0.2, 0.25) is 0 Å². The van der Waals surface area contributed by atoms with Crippen molar-refractivity contribution in [3.63, 3.8) is 0 Å². The third-order valence-corrected chi connectivity index (χ3v) is 4.18. The molecule has 1 aliphatic heterocycles. The summed E-state index contributed by atoms with van der Waals surface area (Å²) in [5, 5.41) is 0. The summed E-state index contributed by atoms with van der Waals surface area (Å²) in [6.45, 7) is 1.36. The lowest BCUT2D eigenvalue weighted by Crippen LogP contribution is -2.45. The van der Waals surface area contributed by atoms with E-state index in [4.69, 9.17) is 9.47 Å². The fourth-order valence-corrected chi connectivity index (χ4v) is 2.97. The van der Waals surface area contributed by atoms with E-state index in [0.29, 0.717) is 18.9 Å². The van der Waals surface area contributed by atoms with Crippen molar-refractivity contribution in [3.8, 4) is 0 Å². The molecule has 0 N–H and O–H groups in total. The van der Waals surface area contributed by atoms with Crippen LogP contribution in [0.2, 0.25) is 0 Å². The standard InChI is InChI=1S/C14H19N3O3/c1-17(13(18)12-10-15-6-7-16-12)11-2-4-14(5-3-11)19-8-9-20-14/h6-7,10-11H,2-5,8-9H2,1H3. The van der Waals surface area contributed by atoms with Crippen LogP contribution in [0.25, 0.3) is 0 Å². The van der Waals surface area contributed by atoms with E-state index in [2.05, 4.69) is 9.97 Å². The highest BCUT2D eigenvalue weighted by Crippen LogP contribution is 2.37. The molecular formula is C14H19N3O3. The van der Waals surface area contributed by atoms with Gasteiger partial charge in [0.25, 0.3) is 5.91 Å². The van der Waals surface area contributed by atoms with E-state index in [0.717, 1.165) is 25.7 Å². The number of hydrogen-bond acceptors (Lipinski definition) is 5. The molecular weight excluding hydrogens is 258 g/mol. The van der Waals surface area contributed by atoms with Crippen molar-refractivity contribution in [2.24, 2.45) is 0 Å². The van der Waals surface area contributed by atoms with Gasteiger partial charge in [-0.1, -0.05) is 0 Å². The van der Waals surface area contributed by atoms with Gasteiger partial charge in [-0.3, -0.25) is 9.78 Å². The Morgan fingerprint density at radius 1 is 1.30 bits per heavy atom. The summed E-state index contributed by atoms with van der Waals surface area (Å²) in [6.07, 6.45) is 8.08. The maximum atomic E-state index is 12.3. The number of hydrogen-bond donors (Lipinski definition) is 0. The Labute approximate surface area is 118 Å². The number of amides is 1. The normalized spacial score (nSPS) is 22.1. The van der Waals surface area contributed by atoms with Crippen LogP contribution in [0.5, 0.6) is 0 Å². The number of carbonyl (C=O) groups excluding carboxylic acids is 1. The van der Waals surface area contributed by atoms with Crippen LogP contribution in [-0.4, -0.2) is 52.9 Å². The SMILES string of the molecule is CN(C(=O)c1cnccn1)C1CCC2(CC1)OCCO2. The molecule has 6 nitrogen and oxygen atoms in total. The maximum Gasteiger partial charge on any atom is 0.274 e. The zero-order valence-corrected chi connectivity index (χ0v) is 11.6. The molecule has 0 bridgehead atoms. The number of carbonyl (C=O) groups is 1. The summed E-state index contributed by atoms with van der Waals surface area (Å²) < 4.78 is 11.4. The van der Waals surface area contributed by atoms with Crippen molar-refractivity contribution in [2.45, 2.75) is 37.5 Å². The lowest BCUT2D eigenvalue weighted by Gasteiger charge is -2.38. The number of ether oxygens (including phenoxy) is 2. The molecule has 2 aliphatic rings. The molecule has 108 valence electrons. The van der Waals surface area contributed by atoms with Crippen LogP contribution in [0.3, 0.4) is 0 Å². The van der Waals surface area contributed by atoms with Crippen LogP contribution >= 0.6 is 0 Å². The Morgan fingerprint density at radius 3 is 2.60 bits per heavy atom. The van der Waals surface area contributed by atoms with Gasteiger partial charge < -0.3 is 14.4 Å². The van der Waals surface area contributed by atoms with Gasteiger partial charge in [-0.05, 0) is 12.8 Å². The summed E-state index contributed by atoms with van der Waals surface area (Å²) in [5.74, 6) is -0.459. The van der Waals surface area contributed by atoms with E-state index in [1.165, 1.54) is 12.4 Å². The number of aromatic nitrogens is 2. The maximum absolute atomic E-state index is 12.3. The van der Waals surface area contributed by atoms with Crippen molar-refractivity contribution in [1.29, 1.82) is 0 Å². The number of nitrogens with zero attached hydrogens (tertiary/aromatic N) is 3. The minimum Gasteiger partial charge on any atom is -0.348 e. The van der Waals surface area contributed by atoms with Crippen LogP contribution in [0.1, 0.15) is 36.2 Å². The van der Waals surface area contributed by atoms with Crippen molar-refractivity contribution < 1.29 is 14.3 Å². The summed E-state index contributed by atoms with van der Waals surface area (Å²) in [4.78, 5) is 22.1. The van der Waals surface area contributed by atoms with E-state index in [1.807, 2.05) is 7.05 Å². The average Bonchev–Trinajstić information content (AvgIpc) is 2.96. The topological polar surface area (TPSA) is 64.6 Å². The highest BCUT2D eigenvalue weighted by atomic mass is 16.7. The Kier molecular flexibility index (Phi) is 3.67. The second-order valence-corrected chi connectivity index (χ2v) is 5.35. The van der Waals surface area contributed by atoms with E-state index < -0.39 is 0 Å². The van der Waals surface area contributed by atoms with Gasteiger partial charge >= 0.3 is 0 Å². The second-order valence-electron chi connectivity index (χ2n) is 5.35. The molecule has 1 aromatic heterocycles. The molecule has 20 heavy (non-hydrogen) atoms. The molecule has 1 aromatic rings. The smallest absolute Gasteiger partial charge is 0.274 e. The van der Waals surface area contributed by atoms with Gasteiger partial charge in [-0.15, -0.1) is 0 Å². The zero-order chi connectivity index (χ0) is 14.0. The molecule has 6 heteroatoms. The van der Waals surface area contributed by atoms with Gasteiger partial charge in [0.15, 0.2) is 5.79 Å². The van der Waals surface area contributed by atoms with E-state index in [9.17, 15) is 4.79 Å². The first-order valence-corrected chi connectivity index (χ1v) is 7.01. The highest BCUT2D eigenvalue weighted by Gasteiger charge is 2.41. The molecule has 0 atom stereocenters. The summed E-state index contributed by atoms with van der Waals surface area (Å²) in [5.41, 5.74) is 0.392. The van der Waals surface area contributed by atoms with Crippen molar-refractivity contribution >= 4 is 5.91 Å². The minimum absolute atomic E-state index is 0.0766. The molecule has 3 rings (SSSR count). The fraction of sp³-hybridized carbons (Fsp3) is 0.643. The summed E-state index contributed by atoms with van der Waals surface area (Å²) >= 11 is 0. The molecule has 2 fully saturated rings. The Balaban J connectivity index is 1.61. The third kappa shape index (κ3) is 2.53. The van der Waals surface area contributed by atoms with Crippen molar-refractivity contribution in [3.05, 3.63) is 24.3 Å². The Morgan fingerprint density at radius 2 is 2.00 bits per heavy atom. The van der Waals surface area contributed by atoms with Gasteiger partial charge in [-0.25, -0.2) is 4.98 Å². The molecule has 1 aliphatic carbocycles. The monoisotopic (exact) mass is 277 g/mol. The van der Waals surface area contributed by atoms with Crippen LogP contribution in [-0.2, 0) is 9.47 Å². The summed E-state index contributed by atoms with van der Waals surface area (Å²) in [6, 6.07) is 0.211. The molecule has 0 radical (unpaired) electrons. The Hall–Kier alpha value is -1.53. The highest BCUT2D eigenvalue weighted by molar-refractivity contribution is 5.91. The Bertz CT molecular complexity index is 464. The van der Waals surface area contributed by atoms with Crippen LogP contribution in [0.15, 0.2) is 18.6 Å². The lowest BCUT2D eigenvalue weighted by molar-refractivity contribution is -0.182. The zero-order valence-electron chi connectivity index (χ0n) is 11.6. The lowest BCUT2D eigenvalue weighted by atomic mass is 9.89. The molecule has 1 spiro atoms. The predicted molar refractivity (Wildman–Crippen MR) is 71.0 cm³/mol. The molecule has 0 aromatic carbocycles. The molecule has 1 saturated carbocycles. The fourth-order valence-electron chi connectivity index (χ4n) is 2.97. The average molecular weight is 277 g/mol. The largest absolute Gasteiger partial charge is 0.348 e.